The first-order chi connectivity index (χ1) is 9.74. The fraction of sp³-hybridized carbons (Fsp3) is 0.375. The molecular formula is C16H18Cl2O2. The molecule has 2 nitrogen and oxygen atoms in total. The van der Waals surface area contributed by atoms with E-state index in [4.69, 9.17) is 27.9 Å². The van der Waals surface area contributed by atoms with Gasteiger partial charge in [0, 0.05) is 22.7 Å². The summed E-state index contributed by atoms with van der Waals surface area (Å²) in [6.45, 7) is 0.646. The monoisotopic (exact) mass is 312 g/mol. The van der Waals surface area contributed by atoms with Gasteiger partial charge in [-0.05, 0) is 12.8 Å². The zero-order valence-electron chi connectivity index (χ0n) is 11.2. The number of halogens is 2. The summed E-state index contributed by atoms with van der Waals surface area (Å²) in [6, 6.07) is 9.23. The Morgan fingerprint density at radius 3 is 2.45 bits per heavy atom. The van der Waals surface area contributed by atoms with Crippen LogP contribution in [0.1, 0.15) is 25.7 Å². The Kier molecular flexibility index (Phi) is 5.81. The Bertz CT molecular complexity index is 570. The van der Waals surface area contributed by atoms with Crippen molar-refractivity contribution < 1.29 is 9.84 Å². The second-order valence-corrected chi connectivity index (χ2v) is 5.49. The minimum Gasteiger partial charge on any atom is -0.506 e. The largest absolute Gasteiger partial charge is 0.506 e. The van der Waals surface area contributed by atoms with Crippen molar-refractivity contribution in [3.05, 3.63) is 35.4 Å². The van der Waals surface area contributed by atoms with E-state index in [0.717, 1.165) is 48.1 Å². The molecule has 0 heterocycles. The van der Waals surface area contributed by atoms with Crippen LogP contribution >= 0.6 is 23.2 Å². The van der Waals surface area contributed by atoms with E-state index in [-0.39, 0.29) is 5.75 Å². The van der Waals surface area contributed by atoms with Gasteiger partial charge in [-0.25, -0.2) is 0 Å². The lowest BCUT2D eigenvalue weighted by atomic mass is 10.1. The number of benzene rings is 2. The van der Waals surface area contributed by atoms with Crippen LogP contribution in [0.2, 0.25) is 5.02 Å². The molecular weight excluding hydrogens is 295 g/mol. The molecule has 2 aromatic rings. The summed E-state index contributed by atoms with van der Waals surface area (Å²) in [5.41, 5.74) is 0. The molecule has 20 heavy (non-hydrogen) atoms. The van der Waals surface area contributed by atoms with Crippen LogP contribution in [0.25, 0.3) is 10.8 Å². The average Bonchev–Trinajstić information content (AvgIpc) is 2.47. The topological polar surface area (TPSA) is 29.5 Å². The highest BCUT2D eigenvalue weighted by atomic mass is 35.5. The number of phenols is 1. The fourth-order valence-electron chi connectivity index (χ4n) is 2.15. The third-order valence-corrected chi connectivity index (χ3v) is 3.77. The molecule has 0 atom stereocenters. The molecule has 0 aromatic heterocycles. The van der Waals surface area contributed by atoms with Gasteiger partial charge in [0.2, 0.25) is 0 Å². The van der Waals surface area contributed by atoms with E-state index in [1.165, 1.54) is 0 Å². The van der Waals surface area contributed by atoms with Crippen molar-refractivity contribution in [1.82, 2.24) is 0 Å². The Morgan fingerprint density at radius 2 is 1.70 bits per heavy atom. The number of hydrogen-bond donors (Lipinski definition) is 1. The van der Waals surface area contributed by atoms with Crippen molar-refractivity contribution in [2.45, 2.75) is 25.7 Å². The standard InChI is InChI=1S/C16H18Cl2O2/c17-9-5-1-2-6-10-20-15-11-14(18)16(19)13-8-4-3-7-12(13)15/h3-4,7-8,11,19H,1-2,5-6,9-10H2. The predicted molar refractivity (Wildman–Crippen MR) is 85.3 cm³/mol. The first-order valence-corrected chi connectivity index (χ1v) is 7.74. The number of fused-ring (bicyclic) bond motifs is 1. The van der Waals surface area contributed by atoms with Gasteiger partial charge in [0.15, 0.2) is 0 Å². The van der Waals surface area contributed by atoms with Crippen LogP contribution in [-0.4, -0.2) is 17.6 Å². The maximum absolute atomic E-state index is 9.95. The highest BCUT2D eigenvalue weighted by Crippen LogP contribution is 2.38. The lowest BCUT2D eigenvalue weighted by Gasteiger charge is -2.11. The number of unbranched alkanes of at least 4 members (excludes halogenated alkanes) is 3. The fourth-order valence-corrected chi connectivity index (χ4v) is 2.54. The Balaban J connectivity index is 2.05. The lowest BCUT2D eigenvalue weighted by molar-refractivity contribution is 0.308. The number of ether oxygens (including phenoxy) is 1. The van der Waals surface area contributed by atoms with Gasteiger partial charge < -0.3 is 9.84 Å². The van der Waals surface area contributed by atoms with Crippen LogP contribution in [-0.2, 0) is 0 Å². The Labute approximate surface area is 129 Å². The summed E-state index contributed by atoms with van der Waals surface area (Å²) in [6.07, 6.45) is 4.28. The molecule has 0 unspecified atom stereocenters. The number of alkyl halides is 1. The van der Waals surface area contributed by atoms with Gasteiger partial charge in [-0.2, -0.15) is 0 Å². The minimum atomic E-state index is 0.108. The van der Waals surface area contributed by atoms with E-state index in [0.29, 0.717) is 11.6 Å². The predicted octanol–water partition coefficient (Wildman–Crippen LogP) is 5.38. The molecule has 0 aliphatic rings. The van der Waals surface area contributed by atoms with E-state index < -0.39 is 0 Å². The van der Waals surface area contributed by atoms with E-state index >= 15 is 0 Å². The van der Waals surface area contributed by atoms with Crippen molar-refractivity contribution in [3.8, 4) is 11.5 Å². The maximum Gasteiger partial charge on any atom is 0.142 e. The molecule has 1 N–H and O–H groups in total. The van der Waals surface area contributed by atoms with Crippen LogP contribution in [0, 0.1) is 0 Å². The Morgan fingerprint density at radius 1 is 1.00 bits per heavy atom. The van der Waals surface area contributed by atoms with Crippen LogP contribution in [0.5, 0.6) is 11.5 Å². The zero-order valence-corrected chi connectivity index (χ0v) is 12.8. The average molecular weight is 313 g/mol. The van der Waals surface area contributed by atoms with Crippen LogP contribution in [0.4, 0.5) is 0 Å². The molecule has 0 saturated heterocycles. The molecule has 0 fully saturated rings. The molecule has 0 aliphatic heterocycles. The normalized spacial score (nSPS) is 10.9. The number of phenolic OH excluding ortho intramolecular Hbond substituents is 1. The molecule has 0 spiro atoms. The molecule has 0 saturated carbocycles. The van der Waals surface area contributed by atoms with Crippen molar-refractivity contribution in [3.63, 3.8) is 0 Å². The first-order valence-electron chi connectivity index (χ1n) is 6.83. The summed E-state index contributed by atoms with van der Waals surface area (Å²) in [4.78, 5) is 0. The van der Waals surface area contributed by atoms with Crippen LogP contribution in [0.15, 0.2) is 30.3 Å². The number of aromatic hydroxyl groups is 1. The van der Waals surface area contributed by atoms with E-state index in [2.05, 4.69) is 0 Å². The van der Waals surface area contributed by atoms with Gasteiger partial charge in [-0.15, -0.1) is 11.6 Å². The van der Waals surface area contributed by atoms with Crippen molar-refractivity contribution >= 4 is 34.0 Å². The van der Waals surface area contributed by atoms with Gasteiger partial charge >= 0.3 is 0 Å². The second-order valence-electron chi connectivity index (χ2n) is 4.70. The SMILES string of the molecule is Oc1c(Cl)cc(OCCCCCCCl)c2ccccc12. The third-order valence-electron chi connectivity index (χ3n) is 3.22. The van der Waals surface area contributed by atoms with Gasteiger partial charge in [0.1, 0.15) is 11.5 Å². The van der Waals surface area contributed by atoms with E-state index in [9.17, 15) is 5.11 Å². The van der Waals surface area contributed by atoms with Gasteiger partial charge in [0.25, 0.3) is 0 Å². The zero-order chi connectivity index (χ0) is 14.4. The number of rotatable bonds is 7. The smallest absolute Gasteiger partial charge is 0.142 e. The Hall–Kier alpha value is -1.12. The summed E-state index contributed by atoms with van der Waals surface area (Å²) in [5.74, 6) is 1.55. The van der Waals surface area contributed by atoms with Crippen LogP contribution < -0.4 is 4.74 Å². The van der Waals surface area contributed by atoms with Gasteiger partial charge in [0.05, 0.1) is 11.6 Å². The molecule has 2 aromatic carbocycles. The summed E-state index contributed by atoms with van der Waals surface area (Å²) < 4.78 is 5.81. The quantitative estimate of drug-likeness (QED) is 0.549. The van der Waals surface area contributed by atoms with E-state index in [1.807, 2.05) is 24.3 Å². The van der Waals surface area contributed by atoms with Crippen molar-refractivity contribution in [2.24, 2.45) is 0 Å². The second kappa shape index (κ2) is 7.61. The van der Waals surface area contributed by atoms with Crippen LogP contribution in [0.3, 0.4) is 0 Å². The van der Waals surface area contributed by atoms with Crippen molar-refractivity contribution in [1.29, 1.82) is 0 Å². The van der Waals surface area contributed by atoms with Gasteiger partial charge in [-0.3, -0.25) is 0 Å². The molecule has 0 aliphatic carbocycles. The van der Waals surface area contributed by atoms with Crippen molar-refractivity contribution in [2.75, 3.05) is 12.5 Å². The highest BCUT2D eigenvalue weighted by molar-refractivity contribution is 6.33. The first kappa shape index (κ1) is 15.3. The lowest BCUT2D eigenvalue weighted by Crippen LogP contribution is -1.98. The molecule has 0 bridgehead atoms. The molecule has 4 heteroatoms. The van der Waals surface area contributed by atoms with Gasteiger partial charge in [-0.1, -0.05) is 48.7 Å². The highest BCUT2D eigenvalue weighted by Gasteiger charge is 2.10. The summed E-state index contributed by atoms with van der Waals surface area (Å²) in [7, 11) is 0. The molecule has 2 rings (SSSR count). The molecule has 0 amide bonds. The van der Waals surface area contributed by atoms with E-state index in [1.54, 1.807) is 6.07 Å². The summed E-state index contributed by atoms with van der Waals surface area (Å²) >= 11 is 11.7. The minimum absolute atomic E-state index is 0.108. The summed E-state index contributed by atoms with van der Waals surface area (Å²) in [5, 5.41) is 11.9. The molecule has 108 valence electrons. The molecule has 0 radical (unpaired) electrons. The number of hydrogen-bond acceptors (Lipinski definition) is 2. The third kappa shape index (κ3) is 3.71. The maximum atomic E-state index is 9.95.